The highest BCUT2D eigenvalue weighted by atomic mass is 32.1. The highest BCUT2D eigenvalue weighted by Gasteiger charge is 2.12. The molecular weight excluding hydrogens is 270 g/mol. The van der Waals surface area contributed by atoms with Gasteiger partial charge >= 0.3 is 0 Å². The van der Waals surface area contributed by atoms with Crippen LogP contribution in [-0.4, -0.2) is 9.97 Å². The smallest absolute Gasteiger partial charge is 0.232 e. The molecule has 4 nitrogen and oxygen atoms in total. The Morgan fingerprint density at radius 3 is 2.65 bits per heavy atom. The SMILES string of the molecule is Cc1ccc(Oc2nc(N)nc3sc(C)cc23)c(C)c1. The summed E-state index contributed by atoms with van der Waals surface area (Å²) < 4.78 is 5.95. The van der Waals surface area contributed by atoms with Crippen molar-refractivity contribution in [2.45, 2.75) is 20.8 Å². The van der Waals surface area contributed by atoms with Gasteiger partial charge in [0.25, 0.3) is 0 Å². The molecule has 102 valence electrons. The van der Waals surface area contributed by atoms with Gasteiger partial charge in [-0.05, 0) is 38.5 Å². The fourth-order valence-electron chi connectivity index (χ4n) is 2.13. The van der Waals surface area contributed by atoms with Crippen molar-refractivity contribution in [2.75, 3.05) is 5.73 Å². The van der Waals surface area contributed by atoms with Gasteiger partial charge in [-0.15, -0.1) is 11.3 Å². The monoisotopic (exact) mass is 285 g/mol. The summed E-state index contributed by atoms with van der Waals surface area (Å²) in [5.41, 5.74) is 8.03. The quantitative estimate of drug-likeness (QED) is 0.773. The summed E-state index contributed by atoms with van der Waals surface area (Å²) in [6.45, 7) is 6.10. The number of thiophene rings is 1. The lowest BCUT2D eigenvalue weighted by molar-refractivity contribution is 0.465. The van der Waals surface area contributed by atoms with E-state index in [2.05, 4.69) is 23.0 Å². The first-order valence-corrected chi connectivity index (χ1v) is 7.13. The van der Waals surface area contributed by atoms with Gasteiger partial charge in [-0.2, -0.15) is 4.98 Å². The van der Waals surface area contributed by atoms with Crippen LogP contribution in [0.4, 0.5) is 5.95 Å². The highest BCUT2D eigenvalue weighted by molar-refractivity contribution is 7.18. The van der Waals surface area contributed by atoms with Crippen molar-refractivity contribution in [3.63, 3.8) is 0 Å². The molecule has 0 bridgehead atoms. The van der Waals surface area contributed by atoms with E-state index in [4.69, 9.17) is 10.5 Å². The lowest BCUT2D eigenvalue weighted by atomic mass is 10.1. The third-order valence-corrected chi connectivity index (χ3v) is 3.98. The summed E-state index contributed by atoms with van der Waals surface area (Å²) in [6.07, 6.45) is 0. The maximum absolute atomic E-state index is 5.95. The zero-order chi connectivity index (χ0) is 14.3. The van der Waals surface area contributed by atoms with E-state index in [0.29, 0.717) is 5.88 Å². The number of nitrogens with zero attached hydrogens (tertiary/aromatic N) is 2. The van der Waals surface area contributed by atoms with Crippen molar-refractivity contribution in [3.8, 4) is 11.6 Å². The normalized spacial score (nSPS) is 10.9. The number of benzene rings is 1. The first-order valence-electron chi connectivity index (χ1n) is 6.31. The van der Waals surface area contributed by atoms with Gasteiger partial charge in [0.1, 0.15) is 10.6 Å². The van der Waals surface area contributed by atoms with Gasteiger partial charge in [0.15, 0.2) is 0 Å². The standard InChI is InChI=1S/C15H15N3OS/c1-8-4-5-12(9(2)6-8)19-13-11-7-10(3)20-14(11)18-15(16)17-13/h4-7H,1-3H3,(H2,16,17,18). The van der Waals surface area contributed by atoms with E-state index in [1.165, 1.54) is 5.56 Å². The van der Waals surface area contributed by atoms with E-state index in [-0.39, 0.29) is 5.95 Å². The Morgan fingerprint density at radius 1 is 1.10 bits per heavy atom. The lowest BCUT2D eigenvalue weighted by Gasteiger charge is -2.09. The van der Waals surface area contributed by atoms with Crippen LogP contribution in [0.25, 0.3) is 10.2 Å². The number of nitrogens with two attached hydrogens (primary N) is 1. The molecule has 0 saturated heterocycles. The summed E-state index contributed by atoms with van der Waals surface area (Å²) in [7, 11) is 0. The number of aryl methyl sites for hydroxylation is 3. The van der Waals surface area contributed by atoms with E-state index in [1.807, 2.05) is 32.0 Å². The number of fused-ring (bicyclic) bond motifs is 1. The van der Waals surface area contributed by atoms with Crippen LogP contribution < -0.4 is 10.5 Å². The molecule has 0 atom stereocenters. The highest BCUT2D eigenvalue weighted by Crippen LogP contribution is 2.34. The van der Waals surface area contributed by atoms with Gasteiger partial charge in [0, 0.05) is 4.88 Å². The van der Waals surface area contributed by atoms with Crippen LogP contribution in [0.5, 0.6) is 11.6 Å². The molecule has 3 rings (SSSR count). The molecule has 3 aromatic rings. The second-order valence-corrected chi connectivity index (χ2v) is 6.07. The summed E-state index contributed by atoms with van der Waals surface area (Å²) in [6, 6.07) is 8.07. The van der Waals surface area contributed by atoms with Gasteiger partial charge in [-0.25, -0.2) is 4.98 Å². The number of hydrogen-bond donors (Lipinski definition) is 1. The molecule has 5 heteroatoms. The van der Waals surface area contributed by atoms with Crippen molar-refractivity contribution in [1.29, 1.82) is 0 Å². The topological polar surface area (TPSA) is 61.0 Å². The maximum Gasteiger partial charge on any atom is 0.232 e. The second kappa shape index (κ2) is 4.76. The van der Waals surface area contributed by atoms with E-state index < -0.39 is 0 Å². The van der Waals surface area contributed by atoms with Crippen LogP contribution in [0.2, 0.25) is 0 Å². The number of aromatic nitrogens is 2. The van der Waals surface area contributed by atoms with E-state index in [9.17, 15) is 0 Å². The number of rotatable bonds is 2. The average Bonchev–Trinajstić information content (AvgIpc) is 2.73. The van der Waals surface area contributed by atoms with E-state index in [1.54, 1.807) is 11.3 Å². The number of anilines is 1. The average molecular weight is 285 g/mol. The van der Waals surface area contributed by atoms with Crippen LogP contribution in [-0.2, 0) is 0 Å². The first kappa shape index (κ1) is 12.9. The molecule has 1 aromatic carbocycles. The molecule has 0 aliphatic carbocycles. The summed E-state index contributed by atoms with van der Waals surface area (Å²) in [5.74, 6) is 1.54. The fourth-order valence-corrected chi connectivity index (χ4v) is 3.00. The second-order valence-electron chi connectivity index (χ2n) is 4.83. The Labute approximate surface area is 121 Å². The summed E-state index contributed by atoms with van der Waals surface area (Å²) in [5, 5.41) is 0.904. The van der Waals surface area contributed by atoms with Crippen molar-refractivity contribution >= 4 is 27.5 Å². The Hall–Kier alpha value is -2.14. The number of ether oxygens (including phenoxy) is 1. The Kier molecular flexibility index (Phi) is 3.06. The molecule has 20 heavy (non-hydrogen) atoms. The molecule has 2 heterocycles. The Morgan fingerprint density at radius 2 is 1.90 bits per heavy atom. The molecule has 0 spiro atoms. The molecule has 0 radical (unpaired) electrons. The molecule has 0 aliphatic heterocycles. The van der Waals surface area contributed by atoms with Crippen molar-refractivity contribution in [2.24, 2.45) is 0 Å². The molecule has 0 amide bonds. The van der Waals surface area contributed by atoms with Gasteiger partial charge in [0.2, 0.25) is 11.8 Å². The zero-order valence-corrected chi connectivity index (χ0v) is 12.4. The fraction of sp³-hybridized carbons (Fsp3) is 0.200. The Bertz CT molecular complexity index is 795. The molecule has 0 saturated carbocycles. The molecule has 0 fully saturated rings. The number of hydrogen-bond acceptors (Lipinski definition) is 5. The van der Waals surface area contributed by atoms with Crippen molar-refractivity contribution < 1.29 is 4.74 Å². The first-order chi connectivity index (χ1) is 9.52. The van der Waals surface area contributed by atoms with Crippen LogP contribution >= 0.6 is 11.3 Å². The van der Waals surface area contributed by atoms with Gasteiger partial charge < -0.3 is 10.5 Å². The number of nitrogen functional groups attached to an aromatic ring is 1. The van der Waals surface area contributed by atoms with Gasteiger partial charge in [-0.1, -0.05) is 17.7 Å². The third-order valence-electron chi connectivity index (χ3n) is 3.04. The predicted molar refractivity (Wildman–Crippen MR) is 82.6 cm³/mol. The molecular formula is C15H15N3OS. The molecule has 2 N–H and O–H groups in total. The largest absolute Gasteiger partial charge is 0.438 e. The minimum Gasteiger partial charge on any atom is -0.438 e. The summed E-state index contributed by atoms with van der Waals surface area (Å²) in [4.78, 5) is 10.5. The molecule has 2 aromatic heterocycles. The maximum atomic E-state index is 5.95. The van der Waals surface area contributed by atoms with Crippen molar-refractivity contribution in [3.05, 3.63) is 40.3 Å². The van der Waals surface area contributed by atoms with Crippen molar-refractivity contribution in [1.82, 2.24) is 9.97 Å². The Balaban J connectivity index is 2.10. The van der Waals surface area contributed by atoms with E-state index >= 15 is 0 Å². The van der Waals surface area contributed by atoms with E-state index in [0.717, 1.165) is 26.4 Å². The van der Waals surface area contributed by atoms with Gasteiger partial charge in [0.05, 0.1) is 5.39 Å². The predicted octanol–water partition coefficient (Wildman–Crippen LogP) is 3.99. The molecule has 0 unspecified atom stereocenters. The van der Waals surface area contributed by atoms with Crippen LogP contribution in [0, 0.1) is 20.8 Å². The van der Waals surface area contributed by atoms with Crippen LogP contribution in [0.15, 0.2) is 24.3 Å². The van der Waals surface area contributed by atoms with Crippen LogP contribution in [0.1, 0.15) is 16.0 Å². The minimum atomic E-state index is 0.235. The minimum absolute atomic E-state index is 0.235. The van der Waals surface area contributed by atoms with Crippen LogP contribution in [0.3, 0.4) is 0 Å². The van der Waals surface area contributed by atoms with Gasteiger partial charge in [-0.3, -0.25) is 0 Å². The molecule has 0 aliphatic rings. The summed E-state index contributed by atoms with van der Waals surface area (Å²) >= 11 is 1.59. The lowest BCUT2D eigenvalue weighted by Crippen LogP contribution is -1.98. The zero-order valence-electron chi connectivity index (χ0n) is 11.6. The third kappa shape index (κ3) is 2.32.